The maximum absolute atomic E-state index is 12.9. The summed E-state index contributed by atoms with van der Waals surface area (Å²) in [6, 6.07) is 3.78. The molecule has 0 saturated heterocycles. The van der Waals surface area contributed by atoms with E-state index in [2.05, 4.69) is 0 Å². The molecule has 16 heavy (non-hydrogen) atoms. The summed E-state index contributed by atoms with van der Waals surface area (Å²) in [5.74, 6) is -1.76. The van der Waals surface area contributed by atoms with Crippen molar-refractivity contribution in [2.75, 3.05) is 0 Å². The van der Waals surface area contributed by atoms with Crippen molar-refractivity contribution < 1.29 is 24.5 Å². The lowest BCUT2D eigenvalue weighted by molar-refractivity contribution is -0.141. The highest BCUT2D eigenvalue weighted by molar-refractivity contribution is 5.67. The Morgan fingerprint density at radius 3 is 2.62 bits per heavy atom. The molecule has 2 atom stereocenters. The molecule has 0 saturated carbocycles. The van der Waals surface area contributed by atoms with E-state index in [1.165, 1.54) is 12.1 Å². The van der Waals surface area contributed by atoms with E-state index in [1.54, 1.807) is 6.92 Å². The van der Waals surface area contributed by atoms with Crippen LogP contribution in [-0.2, 0) is 4.79 Å². The third kappa shape index (κ3) is 3.01. The summed E-state index contributed by atoms with van der Waals surface area (Å²) in [5.41, 5.74) is 0.798. The van der Waals surface area contributed by atoms with Gasteiger partial charge in [-0.25, -0.2) is 4.39 Å². The van der Waals surface area contributed by atoms with Crippen LogP contribution in [0.1, 0.15) is 23.7 Å². The SMILES string of the molecule is Cc1ccc(F)cc1C(O)C(O)CC(=O)O. The van der Waals surface area contributed by atoms with Crippen molar-refractivity contribution in [3.8, 4) is 0 Å². The van der Waals surface area contributed by atoms with Crippen LogP contribution in [-0.4, -0.2) is 27.4 Å². The molecule has 0 aliphatic heterocycles. The van der Waals surface area contributed by atoms with Crippen LogP contribution < -0.4 is 0 Å². The molecule has 0 radical (unpaired) electrons. The summed E-state index contributed by atoms with van der Waals surface area (Å²) < 4.78 is 12.9. The van der Waals surface area contributed by atoms with Crippen molar-refractivity contribution in [2.45, 2.75) is 25.6 Å². The minimum Gasteiger partial charge on any atom is -0.481 e. The molecule has 0 aliphatic carbocycles. The number of rotatable bonds is 4. The first-order chi connectivity index (χ1) is 7.41. The largest absolute Gasteiger partial charge is 0.481 e. The standard InChI is InChI=1S/C11H13FO4/c1-6-2-3-7(12)4-8(6)11(16)9(13)5-10(14)15/h2-4,9,11,13,16H,5H2,1H3,(H,14,15). The van der Waals surface area contributed by atoms with Gasteiger partial charge in [-0.2, -0.15) is 0 Å². The van der Waals surface area contributed by atoms with Gasteiger partial charge in [0.25, 0.3) is 0 Å². The first kappa shape index (κ1) is 12.6. The quantitative estimate of drug-likeness (QED) is 0.718. The Bertz CT molecular complexity index is 392. The number of hydrogen-bond donors (Lipinski definition) is 3. The Balaban J connectivity index is 2.90. The summed E-state index contributed by atoms with van der Waals surface area (Å²) >= 11 is 0. The van der Waals surface area contributed by atoms with E-state index >= 15 is 0 Å². The molecule has 0 aliphatic rings. The van der Waals surface area contributed by atoms with Crippen molar-refractivity contribution in [1.29, 1.82) is 0 Å². The molecule has 3 N–H and O–H groups in total. The van der Waals surface area contributed by atoms with E-state index in [4.69, 9.17) is 5.11 Å². The number of carboxylic acid groups (broad SMARTS) is 1. The van der Waals surface area contributed by atoms with Crippen molar-refractivity contribution in [1.82, 2.24) is 0 Å². The number of carbonyl (C=O) groups is 1. The first-order valence-corrected chi connectivity index (χ1v) is 4.75. The normalized spacial score (nSPS) is 14.5. The van der Waals surface area contributed by atoms with Crippen LogP contribution in [0.2, 0.25) is 0 Å². The number of aliphatic hydroxyl groups is 2. The molecular formula is C11H13FO4. The molecule has 0 spiro atoms. The molecule has 0 aromatic heterocycles. The third-order valence-electron chi connectivity index (χ3n) is 2.31. The highest BCUT2D eigenvalue weighted by atomic mass is 19.1. The van der Waals surface area contributed by atoms with Crippen molar-refractivity contribution in [3.63, 3.8) is 0 Å². The predicted molar refractivity (Wildman–Crippen MR) is 54.4 cm³/mol. The van der Waals surface area contributed by atoms with Gasteiger partial charge in [0.1, 0.15) is 11.9 Å². The highest BCUT2D eigenvalue weighted by Crippen LogP contribution is 2.23. The molecule has 1 aromatic rings. The average molecular weight is 228 g/mol. The molecule has 1 rings (SSSR count). The zero-order valence-electron chi connectivity index (χ0n) is 8.72. The van der Waals surface area contributed by atoms with E-state index in [-0.39, 0.29) is 5.56 Å². The van der Waals surface area contributed by atoms with Crippen LogP contribution >= 0.6 is 0 Å². The monoisotopic (exact) mass is 228 g/mol. The molecule has 5 heteroatoms. The molecule has 2 unspecified atom stereocenters. The fraction of sp³-hybridized carbons (Fsp3) is 0.364. The van der Waals surface area contributed by atoms with Crippen LogP contribution in [0.25, 0.3) is 0 Å². The lowest BCUT2D eigenvalue weighted by atomic mass is 9.98. The van der Waals surface area contributed by atoms with Crippen LogP contribution in [0.15, 0.2) is 18.2 Å². The molecule has 0 amide bonds. The van der Waals surface area contributed by atoms with Gasteiger partial charge in [0.05, 0.1) is 12.5 Å². The smallest absolute Gasteiger partial charge is 0.306 e. The van der Waals surface area contributed by atoms with Crippen LogP contribution in [0.3, 0.4) is 0 Å². The Morgan fingerprint density at radius 1 is 1.44 bits per heavy atom. The predicted octanol–water partition coefficient (Wildman–Crippen LogP) is 1.00. The van der Waals surface area contributed by atoms with Crippen molar-refractivity contribution in [3.05, 3.63) is 35.1 Å². The third-order valence-corrected chi connectivity index (χ3v) is 2.31. The average Bonchev–Trinajstić information content (AvgIpc) is 2.19. The second-order valence-corrected chi connectivity index (χ2v) is 3.61. The van der Waals surface area contributed by atoms with Crippen LogP contribution in [0.5, 0.6) is 0 Å². The second-order valence-electron chi connectivity index (χ2n) is 3.61. The Morgan fingerprint density at radius 2 is 2.06 bits per heavy atom. The van der Waals surface area contributed by atoms with Crippen molar-refractivity contribution >= 4 is 5.97 Å². The topological polar surface area (TPSA) is 77.8 Å². The lowest BCUT2D eigenvalue weighted by Gasteiger charge is -2.18. The van der Waals surface area contributed by atoms with Gasteiger partial charge in [0.2, 0.25) is 0 Å². The van der Waals surface area contributed by atoms with E-state index in [9.17, 15) is 19.4 Å². The Hall–Kier alpha value is -1.46. The summed E-state index contributed by atoms with van der Waals surface area (Å²) in [7, 11) is 0. The Kier molecular flexibility index (Phi) is 3.98. The molecule has 0 heterocycles. The van der Waals surface area contributed by atoms with Gasteiger partial charge in [-0.3, -0.25) is 4.79 Å². The van der Waals surface area contributed by atoms with Crippen molar-refractivity contribution in [2.24, 2.45) is 0 Å². The molecule has 0 fully saturated rings. The number of carboxylic acids is 1. The van der Waals surface area contributed by atoms with Gasteiger partial charge in [0.15, 0.2) is 0 Å². The fourth-order valence-electron chi connectivity index (χ4n) is 1.43. The molecule has 4 nitrogen and oxygen atoms in total. The summed E-state index contributed by atoms with van der Waals surface area (Å²) in [6.45, 7) is 1.64. The van der Waals surface area contributed by atoms with E-state index in [1.807, 2.05) is 0 Å². The van der Waals surface area contributed by atoms with Gasteiger partial charge in [-0.05, 0) is 30.2 Å². The minimum absolute atomic E-state index is 0.203. The lowest BCUT2D eigenvalue weighted by Crippen LogP contribution is -2.22. The number of aliphatic carboxylic acids is 1. The van der Waals surface area contributed by atoms with Gasteiger partial charge in [-0.15, -0.1) is 0 Å². The summed E-state index contributed by atoms with van der Waals surface area (Å²) in [6.07, 6.45) is -3.43. The number of hydrogen-bond acceptors (Lipinski definition) is 3. The van der Waals surface area contributed by atoms with E-state index < -0.39 is 30.4 Å². The molecular weight excluding hydrogens is 215 g/mol. The maximum atomic E-state index is 12.9. The van der Waals surface area contributed by atoms with Gasteiger partial charge >= 0.3 is 5.97 Å². The zero-order chi connectivity index (χ0) is 12.3. The highest BCUT2D eigenvalue weighted by Gasteiger charge is 2.22. The molecule has 88 valence electrons. The molecule has 0 bridgehead atoms. The number of halogens is 1. The number of benzene rings is 1. The van der Waals surface area contributed by atoms with Gasteiger partial charge in [0, 0.05) is 0 Å². The fourth-order valence-corrected chi connectivity index (χ4v) is 1.43. The maximum Gasteiger partial charge on any atom is 0.306 e. The first-order valence-electron chi connectivity index (χ1n) is 4.75. The second kappa shape index (κ2) is 5.05. The van der Waals surface area contributed by atoms with E-state index in [0.29, 0.717) is 5.56 Å². The number of aryl methyl sites for hydroxylation is 1. The van der Waals surface area contributed by atoms with Crippen LogP contribution in [0.4, 0.5) is 4.39 Å². The van der Waals surface area contributed by atoms with Crippen LogP contribution in [0, 0.1) is 12.7 Å². The van der Waals surface area contributed by atoms with Gasteiger partial charge in [-0.1, -0.05) is 6.07 Å². The Labute approximate surface area is 92.0 Å². The number of aliphatic hydroxyl groups excluding tert-OH is 2. The van der Waals surface area contributed by atoms with Gasteiger partial charge < -0.3 is 15.3 Å². The van der Waals surface area contributed by atoms with E-state index in [0.717, 1.165) is 6.07 Å². The summed E-state index contributed by atoms with van der Waals surface area (Å²) in [5, 5.41) is 27.5. The zero-order valence-corrected chi connectivity index (χ0v) is 8.72. The minimum atomic E-state index is -1.45. The summed E-state index contributed by atoms with van der Waals surface area (Å²) in [4.78, 5) is 10.4. The molecule has 1 aromatic carbocycles.